The van der Waals surface area contributed by atoms with Gasteiger partial charge < -0.3 is 4.74 Å². The lowest BCUT2D eigenvalue weighted by molar-refractivity contribution is -0.00382. The Morgan fingerprint density at radius 3 is 2.12 bits per heavy atom. The highest BCUT2D eigenvalue weighted by molar-refractivity contribution is 7.78. The second-order valence-corrected chi connectivity index (χ2v) is 2.88. The highest BCUT2D eigenvalue weighted by Crippen LogP contribution is 2.04. The molecule has 0 aromatic carbocycles. The first-order valence-corrected chi connectivity index (χ1v) is 3.02. The normalized spacial score (nSPS) is 12.0. The Morgan fingerprint density at radius 2 is 2.00 bits per heavy atom. The van der Waals surface area contributed by atoms with Gasteiger partial charge in [-0.2, -0.15) is 0 Å². The Kier molecular flexibility index (Phi) is 3.44. The van der Waals surface area contributed by atoms with Gasteiger partial charge in [0.1, 0.15) is 6.73 Å². The van der Waals surface area contributed by atoms with Crippen molar-refractivity contribution in [3.63, 3.8) is 0 Å². The molecule has 0 aliphatic rings. The number of nitrogens with one attached hydrogen (secondary N) is 1. The zero-order valence-electron chi connectivity index (χ0n) is 5.56. The second kappa shape index (κ2) is 3.33. The molecule has 0 heterocycles. The van der Waals surface area contributed by atoms with Crippen molar-refractivity contribution in [1.29, 1.82) is 0 Å². The smallest absolute Gasteiger partial charge is 0.106 e. The van der Waals surface area contributed by atoms with E-state index in [2.05, 4.69) is 17.5 Å². The zero-order chi connectivity index (χ0) is 6.62. The van der Waals surface area contributed by atoms with Crippen LogP contribution in [0.15, 0.2) is 0 Å². The molecule has 0 unspecified atom stereocenters. The van der Waals surface area contributed by atoms with Gasteiger partial charge in [-0.3, -0.25) is 0 Å². The van der Waals surface area contributed by atoms with E-state index in [9.17, 15) is 0 Å². The fourth-order valence-corrected chi connectivity index (χ4v) is 0.313. The molecule has 0 saturated heterocycles. The molecule has 0 rings (SSSR count). The molecule has 0 aromatic heterocycles. The molecule has 0 spiro atoms. The average Bonchev–Trinajstić information content (AvgIpc) is 1.59. The summed E-state index contributed by atoms with van der Waals surface area (Å²) in [5.74, 6) is 0. The Balaban J connectivity index is 3.11. The van der Waals surface area contributed by atoms with Gasteiger partial charge in [0.05, 0.1) is 5.60 Å². The maximum absolute atomic E-state index is 5.19. The molecular formula is C5H13NOS. The van der Waals surface area contributed by atoms with Gasteiger partial charge in [-0.15, -0.1) is 0 Å². The van der Waals surface area contributed by atoms with Crippen molar-refractivity contribution < 1.29 is 4.74 Å². The molecule has 3 heteroatoms. The predicted molar refractivity (Wildman–Crippen MR) is 37.8 cm³/mol. The summed E-state index contributed by atoms with van der Waals surface area (Å²) in [5.41, 5.74) is -0.0598. The molecule has 0 amide bonds. The first-order valence-electron chi connectivity index (χ1n) is 2.57. The zero-order valence-corrected chi connectivity index (χ0v) is 6.46. The van der Waals surface area contributed by atoms with Gasteiger partial charge in [0.2, 0.25) is 0 Å². The lowest BCUT2D eigenvalue weighted by Crippen LogP contribution is -2.23. The summed E-state index contributed by atoms with van der Waals surface area (Å²) in [5, 5.41) is 0. The first-order chi connectivity index (χ1) is 3.56. The van der Waals surface area contributed by atoms with Crippen LogP contribution in [0.5, 0.6) is 0 Å². The molecule has 0 saturated carbocycles. The Morgan fingerprint density at radius 1 is 1.50 bits per heavy atom. The molecule has 0 aliphatic carbocycles. The third-order valence-electron chi connectivity index (χ3n) is 0.570. The number of rotatable bonds is 2. The Labute approximate surface area is 56.2 Å². The maximum atomic E-state index is 5.19. The van der Waals surface area contributed by atoms with E-state index < -0.39 is 0 Å². The minimum Gasteiger partial charge on any atom is -0.360 e. The summed E-state index contributed by atoms with van der Waals surface area (Å²) < 4.78 is 7.79. The minimum absolute atomic E-state index is 0.0598. The predicted octanol–water partition coefficient (Wildman–Crippen LogP) is 1.19. The molecular weight excluding hydrogens is 122 g/mol. The second-order valence-electron chi connectivity index (χ2n) is 2.56. The van der Waals surface area contributed by atoms with Crippen molar-refractivity contribution in [3.8, 4) is 0 Å². The van der Waals surface area contributed by atoms with Gasteiger partial charge in [0, 0.05) is 0 Å². The van der Waals surface area contributed by atoms with Crippen molar-refractivity contribution >= 4 is 12.8 Å². The summed E-state index contributed by atoms with van der Waals surface area (Å²) in [6.45, 7) is 6.49. The molecule has 1 N–H and O–H groups in total. The van der Waals surface area contributed by atoms with E-state index in [-0.39, 0.29) is 5.60 Å². The third-order valence-corrected chi connectivity index (χ3v) is 0.699. The van der Waals surface area contributed by atoms with E-state index >= 15 is 0 Å². The van der Waals surface area contributed by atoms with Gasteiger partial charge in [0.15, 0.2) is 0 Å². The quantitative estimate of drug-likeness (QED) is 0.438. The summed E-state index contributed by atoms with van der Waals surface area (Å²) in [4.78, 5) is 0. The van der Waals surface area contributed by atoms with Gasteiger partial charge in [-0.05, 0) is 20.8 Å². The first kappa shape index (κ1) is 8.27. The number of hydrogen-bond acceptors (Lipinski definition) is 3. The molecule has 0 aliphatic heterocycles. The number of ether oxygens (including phenoxy) is 1. The van der Waals surface area contributed by atoms with Crippen LogP contribution >= 0.6 is 12.8 Å². The van der Waals surface area contributed by atoms with E-state index in [1.807, 2.05) is 20.8 Å². The lowest BCUT2D eigenvalue weighted by Gasteiger charge is -2.18. The van der Waals surface area contributed by atoms with Crippen molar-refractivity contribution in [1.82, 2.24) is 4.72 Å². The highest BCUT2D eigenvalue weighted by Gasteiger charge is 2.07. The molecule has 0 fully saturated rings. The molecule has 0 radical (unpaired) electrons. The minimum atomic E-state index is -0.0598. The molecule has 2 nitrogen and oxygen atoms in total. The fourth-order valence-electron chi connectivity index (χ4n) is 0.249. The van der Waals surface area contributed by atoms with Crippen molar-refractivity contribution in [3.05, 3.63) is 0 Å². The van der Waals surface area contributed by atoms with Crippen LogP contribution in [-0.4, -0.2) is 12.3 Å². The van der Waals surface area contributed by atoms with E-state index in [0.29, 0.717) is 6.73 Å². The number of thiol groups is 1. The van der Waals surface area contributed by atoms with E-state index in [1.54, 1.807) is 0 Å². The maximum Gasteiger partial charge on any atom is 0.106 e. The van der Waals surface area contributed by atoms with E-state index in [0.717, 1.165) is 0 Å². The van der Waals surface area contributed by atoms with Gasteiger partial charge in [-0.1, -0.05) is 12.8 Å². The van der Waals surface area contributed by atoms with Crippen molar-refractivity contribution in [2.45, 2.75) is 26.4 Å². The summed E-state index contributed by atoms with van der Waals surface area (Å²) >= 11 is 3.76. The van der Waals surface area contributed by atoms with Crippen molar-refractivity contribution in [2.75, 3.05) is 6.73 Å². The van der Waals surface area contributed by atoms with Crippen LogP contribution in [0.3, 0.4) is 0 Å². The highest BCUT2D eigenvalue weighted by atomic mass is 32.1. The third kappa shape index (κ3) is 6.27. The standard InChI is InChI=1S/C5H13NOS/c1-5(2,3)7-4-6-8/h6,8H,4H2,1-3H3. The number of hydrogen-bond donors (Lipinski definition) is 2. The molecule has 0 bridgehead atoms. The Bertz CT molecular complexity index is 59.9. The molecule has 0 aromatic rings. The monoisotopic (exact) mass is 135 g/mol. The molecule has 50 valence electrons. The molecule has 8 heavy (non-hydrogen) atoms. The van der Waals surface area contributed by atoms with Crippen LogP contribution < -0.4 is 4.72 Å². The van der Waals surface area contributed by atoms with Crippen LogP contribution in [0.2, 0.25) is 0 Å². The van der Waals surface area contributed by atoms with Gasteiger partial charge >= 0.3 is 0 Å². The van der Waals surface area contributed by atoms with Crippen LogP contribution in [0.4, 0.5) is 0 Å². The van der Waals surface area contributed by atoms with Gasteiger partial charge in [-0.25, -0.2) is 4.72 Å². The van der Waals surface area contributed by atoms with Crippen LogP contribution in [0.25, 0.3) is 0 Å². The summed E-state index contributed by atoms with van der Waals surface area (Å²) in [6.07, 6.45) is 0. The summed E-state index contributed by atoms with van der Waals surface area (Å²) in [7, 11) is 0. The lowest BCUT2D eigenvalue weighted by atomic mass is 10.2. The van der Waals surface area contributed by atoms with Crippen LogP contribution in [0, 0.1) is 0 Å². The SMILES string of the molecule is CC(C)(C)OCNS. The average molecular weight is 135 g/mol. The topological polar surface area (TPSA) is 21.3 Å². The van der Waals surface area contributed by atoms with E-state index in [4.69, 9.17) is 4.74 Å². The molecule has 0 atom stereocenters. The van der Waals surface area contributed by atoms with Crippen LogP contribution in [0.1, 0.15) is 20.8 Å². The largest absolute Gasteiger partial charge is 0.360 e. The fraction of sp³-hybridized carbons (Fsp3) is 1.00. The van der Waals surface area contributed by atoms with Crippen molar-refractivity contribution in [2.24, 2.45) is 0 Å². The van der Waals surface area contributed by atoms with Gasteiger partial charge in [0.25, 0.3) is 0 Å². The van der Waals surface area contributed by atoms with E-state index in [1.165, 1.54) is 0 Å². The Hall–Kier alpha value is 0.270. The van der Waals surface area contributed by atoms with Crippen LogP contribution in [-0.2, 0) is 4.74 Å². The summed E-state index contributed by atoms with van der Waals surface area (Å²) in [6, 6.07) is 0.